The number of rotatable bonds is 12. The van der Waals surface area contributed by atoms with Crippen LogP contribution in [0.5, 0.6) is 0 Å². The van der Waals surface area contributed by atoms with E-state index in [1.165, 1.54) is 0 Å². The Hall–Kier alpha value is -1.95. The van der Waals surface area contributed by atoms with Gasteiger partial charge in [0, 0.05) is 0 Å². The number of aliphatic carboxylic acids is 2. The van der Waals surface area contributed by atoms with E-state index in [-0.39, 0.29) is 0 Å². The first kappa shape index (κ1) is 26.1. The molecule has 28 heavy (non-hydrogen) atoms. The number of aliphatic hydroxyl groups is 9. The Kier molecular flexibility index (Phi) is 10.4. The SMILES string of the molecule is O=C(O)[C@@H](O)[C@@H](O)[C@H](O)[C@@H](OC(=O)[C@H](O)[C@H](O)[C@H](O)[C@@H](O)[C@H](O)CO)C(=O)O. The van der Waals surface area contributed by atoms with Crippen LogP contribution < -0.4 is 0 Å². The van der Waals surface area contributed by atoms with E-state index in [0.29, 0.717) is 0 Å². The van der Waals surface area contributed by atoms with E-state index in [2.05, 4.69) is 4.74 Å². The Morgan fingerprint density at radius 2 is 1.11 bits per heavy atom. The van der Waals surface area contributed by atoms with E-state index in [1.54, 1.807) is 0 Å². The molecule has 0 rings (SSSR count). The maximum absolute atomic E-state index is 11.7. The van der Waals surface area contributed by atoms with Crippen LogP contribution in [0.4, 0.5) is 0 Å². The summed E-state index contributed by atoms with van der Waals surface area (Å²) in [5.74, 6) is -6.19. The Labute approximate surface area is 155 Å². The maximum atomic E-state index is 11.7. The van der Waals surface area contributed by atoms with Crippen LogP contribution in [0.3, 0.4) is 0 Å². The summed E-state index contributed by atoms with van der Waals surface area (Å²) >= 11 is 0. The van der Waals surface area contributed by atoms with Crippen LogP contribution in [0.2, 0.25) is 0 Å². The molecule has 0 aliphatic carbocycles. The second kappa shape index (κ2) is 11.1. The summed E-state index contributed by atoms with van der Waals surface area (Å²) in [6.45, 7) is -1.07. The summed E-state index contributed by atoms with van der Waals surface area (Å²) in [6, 6.07) is 0. The summed E-state index contributed by atoms with van der Waals surface area (Å²) in [5, 5.41) is 101. The van der Waals surface area contributed by atoms with Crippen molar-refractivity contribution in [1.82, 2.24) is 0 Å². The van der Waals surface area contributed by atoms with Gasteiger partial charge in [-0.05, 0) is 0 Å². The van der Waals surface area contributed by atoms with Crippen molar-refractivity contribution in [3.8, 4) is 0 Å². The first-order valence-electron chi connectivity index (χ1n) is 7.49. The van der Waals surface area contributed by atoms with Crippen LogP contribution in [-0.2, 0) is 19.1 Å². The lowest BCUT2D eigenvalue weighted by Crippen LogP contribution is -2.55. The molecule has 9 atom stereocenters. The maximum Gasteiger partial charge on any atom is 0.347 e. The standard InChI is InChI=1S/C13H22O15/c14-1-2(15)3(16)4(17)5(18)9(22)13(27)28-10(12(25)26)7(20)6(19)8(21)11(23)24/h2-10,14-22H,1H2,(H,23,24)(H,25,26)/t2-,3+,4-,5-,6+,7+,8+,9-,10-/m1/s1. The molecule has 0 aliphatic rings. The van der Waals surface area contributed by atoms with Crippen molar-refractivity contribution in [2.75, 3.05) is 6.61 Å². The zero-order chi connectivity index (χ0) is 22.3. The molecule has 0 amide bonds. The van der Waals surface area contributed by atoms with Gasteiger partial charge in [0.1, 0.15) is 36.6 Å². The molecule has 15 heteroatoms. The summed E-state index contributed by atoms with van der Waals surface area (Å²) in [4.78, 5) is 33.3. The monoisotopic (exact) mass is 418 g/mol. The molecular formula is C13H22O15. The smallest absolute Gasteiger partial charge is 0.347 e. The van der Waals surface area contributed by atoms with E-state index in [0.717, 1.165) is 0 Å². The highest BCUT2D eigenvalue weighted by Gasteiger charge is 2.44. The molecule has 0 aliphatic heterocycles. The van der Waals surface area contributed by atoms with Crippen molar-refractivity contribution >= 4 is 17.9 Å². The van der Waals surface area contributed by atoms with E-state index >= 15 is 0 Å². The molecule has 0 radical (unpaired) electrons. The number of carboxylic acid groups (broad SMARTS) is 2. The van der Waals surface area contributed by atoms with Crippen molar-refractivity contribution in [2.45, 2.75) is 54.9 Å². The average molecular weight is 418 g/mol. The van der Waals surface area contributed by atoms with Gasteiger partial charge in [0.2, 0.25) is 6.10 Å². The normalized spacial score (nSPS) is 21.3. The first-order valence-corrected chi connectivity index (χ1v) is 7.49. The summed E-state index contributed by atoms with van der Waals surface area (Å²) in [7, 11) is 0. The van der Waals surface area contributed by atoms with Gasteiger partial charge in [0.15, 0.2) is 12.2 Å². The number of hydrogen-bond acceptors (Lipinski definition) is 13. The number of aliphatic hydroxyl groups excluding tert-OH is 9. The summed E-state index contributed by atoms with van der Waals surface area (Å²) in [6.07, 6.45) is -22.7. The second-order valence-electron chi connectivity index (χ2n) is 5.63. The van der Waals surface area contributed by atoms with Crippen LogP contribution in [0, 0.1) is 0 Å². The van der Waals surface area contributed by atoms with Gasteiger partial charge in [-0.1, -0.05) is 0 Å². The minimum atomic E-state index is -2.74. The molecule has 0 saturated heterocycles. The minimum Gasteiger partial charge on any atom is -0.479 e. The summed E-state index contributed by atoms with van der Waals surface area (Å²) in [5.41, 5.74) is 0. The van der Waals surface area contributed by atoms with Crippen molar-refractivity contribution in [3.63, 3.8) is 0 Å². The Morgan fingerprint density at radius 3 is 1.50 bits per heavy atom. The molecule has 0 spiro atoms. The lowest BCUT2D eigenvalue weighted by molar-refractivity contribution is -0.197. The number of esters is 1. The molecule has 15 nitrogen and oxygen atoms in total. The molecule has 0 saturated carbocycles. The quantitative estimate of drug-likeness (QED) is 0.131. The number of carbonyl (C=O) groups is 3. The second-order valence-corrected chi connectivity index (χ2v) is 5.63. The van der Waals surface area contributed by atoms with Crippen LogP contribution >= 0.6 is 0 Å². The van der Waals surface area contributed by atoms with Gasteiger partial charge in [-0.15, -0.1) is 0 Å². The molecule has 0 aromatic heterocycles. The molecule has 164 valence electrons. The fraction of sp³-hybridized carbons (Fsp3) is 0.769. The van der Waals surface area contributed by atoms with Gasteiger partial charge in [-0.3, -0.25) is 0 Å². The fourth-order valence-electron chi connectivity index (χ4n) is 1.84. The van der Waals surface area contributed by atoms with Gasteiger partial charge in [-0.25, -0.2) is 14.4 Å². The van der Waals surface area contributed by atoms with E-state index in [9.17, 15) is 45.0 Å². The van der Waals surface area contributed by atoms with Crippen molar-refractivity contribution in [3.05, 3.63) is 0 Å². The molecule has 0 unspecified atom stereocenters. The highest BCUT2D eigenvalue weighted by molar-refractivity contribution is 5.81. The highest BCUT2D eigenvalue weighted by Crippen LogP contribution is 2.14. The van der Waals surface area contributed by atoms with Crippen molar-refractivity contribution in [2.24, 2.45) is 0 Å². The van der Waals surface area contributed by atoms with E-state index in [4.69, 9.17) is 25.5 Å². The highest BCUT2D eigenvalue weighted by atomic mass is 16.6. The Bertz CT molecular complexity index is 538. The molecular weight excluding hydrogens is 396 g/mol. The van der Waals surface area contributed by atoms with E-state index in [1.807, 2.05) is 0 Å². The predicted octanol–water partition coefficient (Wildman–Crippen LogP) is -7.05. The van der Waals surface area contributed by atoms with Crippen LogP contribution in [-0.4, -0.2) is 136 Å². The predicted molar refractivity (Wildman–Crippen MR) is 80.3 cm³/mol. The fourth-order valence-corrected chi connectivity index (χ4v) is 1.84. The third kappa shape index (κ3) is 6.59. The van der Waals surface area contributed by atoms with Crippen molar-refractivity contribution < 1.29 is 75.3 Å². The number of ether oxygens (including phenoxy) is 1. The van der Waals surface area contributed by atoms with Gasteiger partial charge < -0.3 is 60.9 Å². The van der Waals surface area contributed by atoms with Gasteiger partial charge in [0.05, 0.1) is 6.61 Å². The minimum absolute atomic E-state index is 1.07. The topological polar surface area (TPSA) is 283 Å². The molecule has 0 aromatic carbocycles. The molecule has 0 bridgehead atoms. The zero-order valence-electron chi connectivity index (χ0n) is 14.0. The first-order chi connectivity index (χ1) is 12.8. The van der Waals surface area contributed by atoms with Gasteiger partial charge in [0.25, 0.3) is 0 Å². The third-order valence-electron chi connectivity index (χ3n) is 3.57. The number of carboxylic acids is 2. The van der Waals surface area contributed by atoms with Crippen LogP contribution in [0.25, 0.3) is 0 Å². The summed E-state index contributed by atoms with van der Waals surface area (Å²) < 4.78 is 4.16. The van der Waals surface area contributed by atoms with Crippen LogP contribution in [0.1, 0.15) is 0 Å². The Balaban J connectivity index is 5.24. The molecule has 0 heterocycles. The van der Waals surface area contributed by atoms with E-state index < -0.39 is 79.5 Å². The van der Waals surface area contributed by atoms with Crippen LogP contribution in [0.15, 0.2) is 0 Å². The lowest BCUT2D eigenvalue weighted by atomic mass is 9.99. The van der Waals surface area contributed by atoms with Gasteiger partial charge in [-0.2, -0.15) is 0 Å². The zero-order valence-corrected chi connectivity index (χ0v) is 14.0. The lowest BCUT2D eigenvalue weighted by Gasteiger charge is -2.29. The molecule has 0 fully saturated rings. The van der Waals surface area contributed by atoms with Gasteiger partial charge >= 0.3 is 17.9 Å². The Morgan fingerprint density at radius 1 is 0.643 bits per heavy atom. The number of carbonyl (C=O) groups excluding carboxylic acids is 1. The van der Waals surface area contributed by atoms with Crippen molar-refractivity contribution in [1.29, 1.82) is 0 Å². The molecule has 0 aromatic rings. The molecule has 11 N–H and O–H groups in total. The largest absolute Gasteiger partial charge is 0.479 e. The average Bonchev–Trinajstić information content (AvgIpc) is 2.66. The number of hydrogen-bond donors (Lipinski definition) is 11. The third-order valence-corrected chi connectivity index (χ3v) is 3.57.